The number of hydrogen-bond donors (Lipinski definition) is 2. The molecule has 0 bridgehead atoms. The van der Waals surface area contributed by atoms with Crippen LogP contribution in [-0.2, 0) is 14.8 Å². The van der Waals surface area contributed by atoms with Crippen molar-refractivity contribution < 1.29 is 18.0 Å². The second-order valence-corrected chi connectivity index (χ2v) is 11.3. The van der Waals surface area contributed by atoms with Gasteiger partial charge in [-0.15, -0.1) is 0 Å². The number of urea groups is 1. The average molecular weight is 530 g/mol. The molecule has 1 unspecified atom stereocenters. The number of hydrogen-bond acceptors (Lipinski definition) is 5. The predicted molar refractivity (Wildman–Crippen MR) is 136 cm³/mol. The molecule has 9 nitrogen and oxygen atoms in total. The third kappa shape index (κ3) is 6.28. The molecule has 1 saturated carbocycles. The van der Waals surface area contributed by atoms with Crippen LogP contribution in [0.2, 0.25) is 5.02 Å². The van der Waals surface area contributed by atoms with Crippen LogP contribution in [0.25, 0.3) is 0 Å². The van der Waals surface area contributed by atoms with Gasteiger partial charge in [0.05, 0.1) is 27.2 Å². The first kappa shape index (κ1) is 25.8. The minimum absolute atomic E-state index is 0.0126. The zero-order valence-corrected chi connectivity index (χ0v) is 21.3. The van der Waals surface area contributed by atoms with E-state index in [0.717, 1.165) is 30.0 Å². The molecular formula is C25H28ClN5O4S. The van der Waals surface area contributed by atoms with Crippen LogP contribution < -0.4 is 14.9 Å². The molecule has 36 heavy (non-hydrogen) atoms. The van der Waals surface area contributed by atoms with Gasteiger partial charge < -0.3 is 15.5 Å². The molecule has 0 spiro atoms. The summed E-state index contributed by atoms with van der Waals surface area (Å²) in [5.41, 5.74) is 0.295. The van der Waals surface area contributed by atoms with Crippen LogP contribution >= 0.6 is 11.6 Å². The van der Waals surface area contributed by atoms with Crippen molar-refractivity contribution in [3.8, 4) is 6.07 Å². The molecule has 1 atom stereocenters. The van der Waals surface area contributed by atoms with Gasteiger partial charge in [-0.2, -0.15) is 5.26 Å². The van der Waals surface area contributed by atoms with Gasteiger partial charge >= 0.3 is 6.03 Å². The summed E-state index contributed by atoms with van der Waals surface area (Å²) < 4.78 is 28.2. The third-order valence-electron chi connectivity index (χ3n) is 6.29. The molecular weight excluding hydrogens is 502 g/mol. The largest absolute Gasteiger partial charge is 0.341 e. The van der Waals surface area contributed by atoms with E-state index in [0.29, 0.717) is 19.6 Å². The summed E-state index contributed by atoms with van der Waals surface area (Å²) in [4.78, 5) is 27.0. The van der Waals surface area contributed by atoms with Crippen LogP contribution in [0.3, 0.4) is 0 Å². The second-order valence-electron chi connectivity index (χ2n) is 9.08. The number of nitrogens with one attached hydrogen (secondary N) is 2. The van der Waals surface area contributed by atoms with E-state index in [2.05, 4.69) is 10.6 Å². The molecule has 11 heteroatoms. The van der Waals surface area contributed by atoms with E-state index in [1.165, 1.54) is 30.3 Å². The van der Waals surface area contributed by atoms with Crippen LogP contribution in [0.4, 0.5) is 10.5 Å². The number of likely N-dealkylation sites (tertiary alicyclic amines) is 1. The highest BCUT2D eigenvalue weighted by Gasteiger charge is 2.32. The molecule has 1 aliphatic carbocycles. The summed E-state index contributed by atoms with van der Waals surface area (Å²) in [6.07, 6.45) is 3.61. The van der Waals surface area contributed by atoms with Gasteiger partial charge in [-0.05, 0) is 61.9 Å². The molecule has 0 aromatic heterocycles. The predicted octanol–water partition coefficient (Wildman–Crippen LogP) is 3.11. The highest BCUT2D eigenvalue weighted by molar-refractivity contribution is 7.92. The summed E-state index contributed by atoms with van der Waals surface area (Å²) in [5.74, 6) is -0.308. The standard InChI is InChI=1S/C25H28ClN5O4S/c26-22-11-8-18(14-27)13-23(22)31(36(34,35)21-6-2-1-3-7-21)17-24(32)30-12-4-5-19(16-30)15-28-25(33)29-20-9-10-20/h1-3,6-8,11,13,19-20H,4-5,9-10,12,15-17H2,(H2,28,29,33). The summed E-state index contributed by atoms with van der Waals surface area (Å²) >= 11 is 6.36. The minimum Gasteiger partial charge on any atom is -0.341 e. The number of anilines is 1. The summed E-state index contributed by atoms with van der Waals surface area (Å²) in [5, 5.41) is 15.2. The van der Waals surface area contributed by atoms with Gasteiger partial charge in [-0.25, -0.2) is 13.2 Å². The normalized spacial score (nSPS) is 17.7. The van der Waals surface area contributed by atoms with Crippen molar-refractivity contribution in [2.75, 3.05) is 30.5 Å². The highest BCUT2D eigenvalue weighted by Crippen LogP contribution is 2.32. The van der Waals surface area contributed by atoms with Gasteiger partial charge in [0, 0.05) is 25.7 Å². The van der Waals surface area contributed by atoms with Gasteiger partial charge in [0.25, 0.3) is 10.0 Å². The smallest absolute Gasteiger partial charge is 0.315 e. The van der Waals surface area contributed by atoms with Crippen LogP contribution in [0.5, 0.6) is 0 Å². The lowest BCUT2D eigenvalue weighted by molar-refractivity contribution is -0.131. The first-order chi connectivity index (χ1) is 17.3. The first-order valence-corrected chi connectivity index (χ1v) is 13.7. The van der Waals surface area contributed by atoms with Gasteiger partial charge in [-0.1, -0.05) is 29.8 Å². The summed E-state index contributed by atoms with van der Waals surface area (Å²) in [6, 6.07) is 14.2. The Bertz CT molecular complexity index is 1260. The van der Waals surface area contributed by atoms with Crippen molar-refractivity contribution >= 4 is 39.2 Å². The van der Waals surface area contributed by atoms with Gasteiger partial charge in [0.2, 0.25) is 5.91 Å². The molecule has 3 amide bonds. The van der Waals surface area contributed by atoms with E-state index in [1.807, 2.05) is 6.07 Å². The Hall–Kier alpha value is -3.29. The van der Waals surface area contributed by atoms with Crippen LogP contribution in [0, 0.1) is 17.2 Å². The number of nitrogens with zero attached hydrogens (tertiary/aromatic N) is 3. The fourth-order valence-corrected chi connectivity index (χ4v) is 5.89. The topological polar surface area (TPSA) is 123 Å². The summed E-state index contributed by atoms with van der Waals surface area (Å²) in [6.45, 7) is 0.876. The zero-order valence-electron chi connectivity index (χ0n) is 19.7. The Labute approximate surface area is 216 Å². The van der Waals surface area contributed by atoms with Crippen molar-refractivity contribution in [2.24, 2.45) is 5.92 Å². The fraction of sp³-hybridized carbons (Fsp3) is 0.400. The maximum absolute atomic E-state index is 13.6. The number of rotatable bonds is 8. The molecule has 2 aliphatic rings. The monoisotopic (exact) mass is 529 g/mol. The fourth-order valence-electron chi connectivity index (χ4n) is 4.17. The number of carbonyl (C=O) groups excluding carboxylic acids is 2. The molecule has 0 radical (unpaired) electrons. The van der Waals surface area contributed by atoms with E-state index in [-0.39, 0.29) is 45.1 Å². The van der Waals surface area contributed by atoms with Crippen molar-refractivity contribution in [3.63, 3.8) is 0 Å². The number of carbonyl (C=O) groups is 2. The third-order valence-corrected chi connectivity index (χ3v) is 8.38. The second kappa shape index (κ2) is 11.2. The van der Waals surface area contributed by atoms with E-state index < -0.39 is 16.6 Å². The Morgan fingerprint density at radius 3 is 2.58 bits per heavy atom. The Morgan fingerprint density at radius 2 is 1.89 bits per heavy atom. The molecule has 2 aromatic carbocycles. The Kier molecular flexibility index (Phi) is 8.01. The lowest BCUT2D eigenvalue weighted by Gasteiger charge is -2.34. The van der Waals surface area contributed by atoms with E-state index in [1.54, 1.807) is 23.1 Å². The van der Waals surface area contributed by atoms with E-state index in [4.69, 9.17) is 11.6 Å². The van der Waals surface area contributed by atoms with Gasteiger partial charge in [-0.3, -0.25) is 9.10 Å². The summed E-state index contributed by atoms with van der Waals surface area (Å²) in [7, 11) is -4.15. The number of halogens is 1. The maximum atomic E-state index is 13.6. The highest BCUT2D eigenvalue weighted by atomic mass is 35.5. The van der Waals surface area contributed by atoms with E-state index >= 15 is 0 Å². The Balaban J connectivity index is 1.52. The first-order valence-electron chi connectivity index (χ1n) is 11.9. The molecule has 1 saturated heterocycles. The quantitative estimate of drug-likeness (QED) is 0.544. The lowest BCUT2D eigenvalue weighted by atomic mass is 9.98. The van der Waals surface area contributed by atoms with Gasteiger partial charge in [0.1, 0.15) is 6.54 Å². The average Bonchev–Trinajstić information content (AvgIpc) is 3.71. The van der Waals surface area contributed by atoms with Crippen molar-refractivity contribution in [1.82, 2.24) is 15.5 Å². The molecule has 4 rings (SSSR count). The molecule has 1 aliphatic heterocycles. The van der Waals surface area contributed by atoms with Crippen LogP contribution in [0.15, 0.2) is 53.4 Å². The molecule has 1 heterocycles. The Morgan fingerprint density at radius 1 is 1.14 bits per heavy atom. The molecule has 2 fully saturated rings. The van der Waals surface area contributed by atoms with Crippen LogP contribution in [0.1, 0.15) is 31.2 Å². The lowest BCUT2D eigenvalue weighted by Crippen LogP contribution is -2.49. The number of piperidine rings is 1. The maximum Gasteiger partial charge on any atom is 0.315 e. The van der Waals surface area contributed by atoms with Crippen molar-refractivity contribution in [3.05, 3.63) is 59.1 Å². The van der Waals surface area contributed by atoms with Gasteiger partial charge in [0.15, 0.2) is 0 Å². The molecule has 2 aromatic rings. The van der Waals surface area contributed by atoms with Crippen molar-refractivity contribution in [1.29, 1.82) is 5.26 Å². The van der Waals surface area contributed by atoms with Crippen molar-refractivity contribution in [2.45, 2.75) is 36.6 Å². The number of benzene rings is 2. The number of amides is 3. The van der Waals surface area contributed by atoms with E-state index in [9.17, 15) is 23.3 Å². The number of sulfonamides is 1. The number of nitriles is 1. The molecule has 190 valence electrons. The SMILES string of the molecule is N#Cc1ccc(Cl)c(N(CC(=O)N2CCCC(CNC(=O)NC3CC3)C2)S(=O)(=O)c2ccccc2)c1. The molecule has 2 N–H and O–H groups in total. The minimum atomic E-state index is -4.15. The van der Waals surface area contributed by atoms with Crippen LogP contribution in [-0.4, -0.2) is 57.5 Å². The zero-order chi connectivity index (χ0) is 25.7.